The van der Waals surface area contributed by atoms with Crippen molar-refractivity contribution in [1.82, 2.24) is 19.8 Å². The molecule has 1 aromatic heterocycles. The highest BCUT2D eigenvalue weighted by Gasteiger charge is 2.39. The first-order chi connectivity index (χ1) is 17.5. The molecule has 3 aliphatic rings. The van der Waals surface area contributed by atoms with Gasteiger partial charge < -0.3 is 19.5 Å². The smallest absolute Gasteiger partial charge is 0.135 e. The first-order valence-corrected chi connectivity index (χ1v) is 13.4. The molecule has 2 fully saturated rings. The lowest BCUT2D eigenvalue weighted by Crippen LogP contribution is -2.60. The number of anilines is 1. The summed E-state index contributed by atoms with van der Waals surface area (Å²) in [7, 11) is 2.15. The Hall–Kier alpha value is -2.10. The maximum absolute atomic E-state index is 12.6. The number of likely N-dealkylation sites (N-methyl/N-ethyl adjacent to an activating group) is 1. The highest BCUT2D eigenvalue weighted by atomic mass is 35.5. The van der Waals surface area contributed by atoms with Crippen molar-refractivity contribution in [3.63, 3.8) is 0 Å². The zero-order valence-corrected chi connectivity index (χ0v) is 21.8. The van der Waals surface area contributed by atoms with Crippen LogP contribution < -0.4 is 4.90 Å². The minimum absolute atomic E-state index is 0.0641. The molecule has 36 heavy (non-hydrogen) atoms. The molecule has 3 heterocycles. The van der Waals surface area contributed by atoms with Gasteiger partial charge in [0, 0.05) is 56.0 Å². The average Bonchev–Trinajstić information content (AvgIpc) is 3.21. The van der Waals surface area contributed by atoms with Gasteiger partial charge in [-0.3, -0.25) is 9.80 Å². The van der Waals surface area contributed by atoms with Crippen molar-refractivity contribution in [2.24, 2.45) is 0 Å². The zero-order chi connectivity index (χ0) is 25.2. The number of benzene rings is 1. The summed E-state index contributed by atoms with van der Waals surface area (Å²) in [6.07, 6.45) is 4.72. The summed E-state index contributed by atoms with van der Waals surface area (Å²) < 4.78 is 5.61. The molecule has 0 radical (unpaired) electrons. The molecule has 1 N–H and O–H groups in total. The zero-order valence-electron chi connectivity index (χ0n) is 21.1. The lowest BCUT2D eigenvalue weighted by atomic mass is 9.93. The third-order valence-electron chi connectivity index (χ3n) is 8.17. The van der Waals surface area contributed by atoms with Crippen LogP contribution in [0.15, 0.2) is 30.6 Å². The molecule has 0 amide bonds. The number of rotatable bonds is 7. The molecule has 0 spiro atoms. The fraction of sp³-hybridized carbons (Fsp3) is 0.593. The standard InChI is InChI=1S/C27H36ClN5O3/c1-18-15-23(35)25-24(18)26(30-17-29-25)32-9-11-33(12-10-32)27(31(2)21-7-13-36-14-8-21)22(16-34)19-3-5-20(28)6-4-19/h3-6,16-18,21-23,27,35H,7-15H2,1-2H3/t18-,22?,23-,27?/m1/s1. The van der Waals surface area contributed by atoms with Gasteiger partial charge in [0.15, 0.2) is 0 Å². The van der Waals surface area contributed by atoms with Crippen LogP contribution in [-0.4, -0.2) is 89.8 Å². The van der Waals surface area contributed by atoms with E-state index in [4.69, 9.17) is 16.3 Å². The molecule has 9 heteroatoms. The van der Waals surface area contributed by atoms with E-state index in [1.165, 1.54) is 0 Å². The lowest BCUT2D eigenvalue weighted by molar-refractivity contribution is -0.114. The van der Waals surface area contributed by atoms with E-state index in [0.29, 0.717) is 17.5 Å². The van der Waals surface area contributed by atoms with E-state index in [-0.39, 0.29) is 18.0 Å². The first kappa shape index (κ1) is 25.5. The predicted octanol–water partition coefficient (Wildman–Crippen LogP) is 3.21. The van der Waals surface area contributed by atoms with Crippen molar-refractivity contribution in [3.05, 3.63) is 52.4 Å². The molecule has 2 saturated heterocycles. The predicted molar refractivity (Wildman–Crippen MR) is 139 cm³/mol. The van der Waals surface area contributed by atoms with Gasteiger partial charge in [0.05, 0.1) is 23.9 Å². The van der Waals surface area contributed by atoms with Crippen LogP contribution in [0.2, 0.25) is 5.02 Å². The number of hydrogen-bond donors (Lipinski definition) is 1. The minimum atomic E-state index is -0.511. The lowest BCUT2D eigenvalue weighted by Gasteiger charge is -2.48. The number of aromatic nitrogens is 2. The summed E-state index contributed by atoms with van der Waals surface area (Å²) >= 11 is 6.15. The molecule has 4 atom stereocenters. The molecule has 2 unspecified atom stereocenters. The van der Waals surface area contributed by atoms with E-state index in [1.807, 2.05) is 24.3 Å². The summed E-state index contributed by atoms with van der Waals surface area (Å²) in [5, 5.41) is 11.1. The molecule has 0 bridgehead atoms. The molecule has 8 nitrogen and oxygen atoms in total. The van der Waals surface area contributed by atoms with Gasteiger partial charge >= 0.3 is 0 Å². The van der Waals surface area contributed by atoms with Crippen LogP contribution in [0.5, 0.6) is 0 Å². The van der Waals surface area contributed by atoms with Crippen LogP contribution >= 0.6 is 11.6 Å². The van der Waals surface area contributed by atoms with Gasteiger partial charge in [-0.2, -0.15) is 0 Å². The van der Waals surface area contributed by atoms with Gasteiger partial charge in [0.2, 0.25) is 0 Å². The molecule has 0 saturated carbocycles. The third-order valence-corrected chi connectivity index (χ3v) is 8.43. The number of piperazine rings is 1. The highest BCUT2D eigenvalue weighted by Crippen LogP contribution is 2.43. The minimum Gasteiger partial charge on any atom is -0.387 e. The van der Waals surface area contributed by atoms with Crippen molar-refractivity contribution in [2.45, 2.75) is 56.3 Å². The Morgan fingerprint density at radius 1 is 1.14 bits per heavy atom. The third kappa shape index (κ3) is 5.02. The van der Waals surface area contributed by atoms with Crippen molar-refractivity contribution < 1.29 is 14.6 Å². The van der Waals surface area contributed by atoms with Gasteiger partial charge in [-0.15, -0.1) is 0 Å². The van der Waals surface area contributed by atoms with E-state index >= 15 is 0 Å². The second-order valence-corrected chi connectivity index (χ2v) is 10.7. The number of nitrogens with zero attached hydrogens (tertiary/aromatic N) is 5. The van der Waals surface area contributed by atoms with Gasteiger partial charge in [-0.1, -0.05) is 30.7 Å². The van der Waals surface area contributed by atoms with Gasteiger partial charge in [0.25, 0.3) is 0 Å². The summed E-state index contributed by atoms with van der Waals surface area (Å²) in [6.45, 7) is 6.87. The summed E-state index contributed by atoms with van der Waals surface area (Å²) in [5.74, 6) is 0.892. The van der Waals surface area contributed by atoms with E-state index in [1.54, 1.807) is 6.33 Å². The molecular formula is C27H36ClN5O3. The second kappa shape index (κ2) is 11.1. The van der Waals surface area contributed by atoms with Crippen molar-refractivity contribution in [1.29, 1.82) is 0 Å². The van der Waals surface area contributed by atoms with Crippen molar-refractivity contribution in [2.75, 3.05) is 51.3 Å². The monoisotopic (exact) mass is 513 g/mol. The molecule has 2 aromatic rings. The average molecular weight is 514 g/mol. The number of carbonyl (C=O) groups excluding carboxylic acids is 1. The Balaban J connectivity index is 1.38. The Bertz CT molecular complexity index is 1040. The van der Waals surface area contributed by atoms with E-state index in [2.05, 4.69) is 38.6 Å². The molecule has 194 valence electrons. The number of aldehydes is 1. The van der Waals surface area contributed by atoms with E-state index in [0.717, 1.165) is 81.2 Å². The molecule has 1 aliphatic carbocycles. The maximum Gasteiger partial charge on any atom is 0.135 e. The molecule has 2 aliphatic heterocycles. The Kier molecular flexibility index (Phi) is 7.88. The second-order valence-electron chi connectivity index (χ2n) is 10.3. The van der Waals surface area contributed by atoms with Crippen LogP contribution in [-0.2, 0) is 9.53 Å². The van der Waals surface area contributed by atoms with Gasteiger partial charge in [-0.05, 0) is 49.9 Å². The summed E-state index contributed by atoms with van der Waals surface area (Å²) in [6, 6.07) is 8.03. The topological polar surface area (TPSA) is 82.0 Å². The Labute approximate surface area is 218 Å². The van der Waals surface area contributed by atoms with Crippen molar-refractivity contribution >= 4 is 23.7 Å². The Morgan fingerprint density at radius 2 is 1.83 bits per heavy atom. The number of carbonyl (C=O) groups is 1. The number of aliphatic hydroxyl groups excluding tert-OH is 1. The maximum atomic E-state index is 12.6. The molecule has 1 aromatic carbocycles. The van der Waals surface area contributed by atoms with Crippen LogP contribution in [0.4, 0.5) is 5.82 Å². The van der Waals surface area contributed by atoms with Crippen LogP contribution in [0, 0.1) is 0 Å². The molecular weight excluding hydrogens is 478 g/mol. The Morgan fingerprint density at radius 3 is 2.50 bits per heavy atom. The first-order valence-electron chi connectivity index (χ1n) is 13.0. The van der Waals surface area contributed by atoms with Crippen LogP contribution in [0.25, 0.3) is 0 Å². The number of hydrogen-bond acceptors (Lipinski definition) is 8. The largest absolute Gasteiger partial charge is 0.387 e. The number of halogens is 1. The van der Waals surface area contributed by atoms with E-state index < -0.39 is 6.10 Å². The SMILES string of the molecule is C[C@@H]1C[C@@H](O)c2ncnc(N3CCN(C(C(C=O)c4ccc(Cl)cc4)N(C)C4CCOCC4)CC3)c21. The number of fused-ring (bicyclic) bond motifs is 1. The van der Waals surface area contributed by atoms with Crippen LogP contribution in [0.3, 0.4) is 0 Å². The summed E-state index contributed by atoms with van der Waals surface area (Å²) in [4.78, 5) is 28.7. The summed E-state index contributed by atoms with van der Waals surface area (Å²) in [5.41, 5.74) is 2.84. The fourth-order valence-electron chi connectivity index (χ4n) is 6.20. The fourth-order valence-corrected chi connectivity index (χ4v) is 6.33. The van der Waals surface area contributed by atoms with Gasteiger partial charge in [-0.25, -0.2) is 9.97 Å². The van der Waals surface area contributed by atoms with Crippen LogP contribution in [0.1, 0.15) is 60.9 Å². The number of aliphatic hydroxyl groups is 1. The molecule has 5 rings (SSSR count). The van der Waals surface area contributed by atoms with Gasteiger partial charge in [0.1, 0.15) is 18.4 Å². The quantitative estimate of drug-likeness (QED) is 0.565. The highest BCUT2D eigenvalue weighted by molar-refractivity contribution is 6.30. The normalized spacial score (nSPS) is 25.1. The number of ether oxygens (including phenoxy) is 1. The van der Waals surface area contributed by atoms with Crippen molar-refractivity contribution in [3.8, 4) is 0 Å². The van der Waals surface area contributed by atoms with E-state index in [9.17, 15) is 9.90 Å².